The highest BCUT2D eigenvalue weighted by molar-refractivity contribution is 8.01. The molecule has 0 aliphatic carbocycles. The van der Waals surface area contributed by atoms with Crippen molar-refractivity contribution >= 4 is 11.8 Å². The Morgan fingerprint density at radius 1 is 1.57 bits per heavy atom. The topological polar surface area (TPSA) is 12.0 Å². The maximum Gasteiger partial charge on any atom is 0.0232 e. The standard InChI is InChI=1S/C5H9NS/c1-2-6-3-5-7-4-1/h2,4,6H,1,3,5H2. The first kappa shape index (κ1) is 5.45. The number of thioether (sulfide) groups is 1. The molecule has 0 spiro atoms. The smallest absolute Gasteiger partial charge is 0.0232 e. The summed E-state index contributed by atoms with van der Waals surface area (Å²) >= 11 is 1.90. The number of rotatable bonds is 0. The van der Waals surface area contributed by atoms with Gasteiger partial charge in [-0.15, -0.1) is 0 Å². The Hall–Kier alpha value is 0.310. The second-order valence-corrected chi connectivity index (χ2v) is 2.51. The van der Waals surface area contributed by atoms with E-state index < -0.39 is 0 Å². The second-order valence-electron chi connectivity index (χ2n) is 1.43. The quantitative estimate of drug-likeness (QED) is 0.506. The fourth-order valence-corrected chi connectivity index (χ4v) is 1.14. The fraction of sp³-hybridized carbons (Fsp3) is 0.600. The highest BCUT2D eigenvalue weighted by Crippen LogP contribution is 2.10. The Morgan fingerprint density at radius 2 is 2.57 bits per heavy atom. The number of nitrogens with one attached hydrogen (secondary N) is 1. The molecule has 1 aliphatic heterocycles. The average Bonchev–Trinajstić information content (AvgIpc) is 1.90. The molecule has 2 radical (unpaired) electrons. The summed E-state index contributed by atoms with van der Waals surface area (Å²) in [7, 11) is 0. The molecule has 1 heterocycles. The predicted octanol–water partition coefficient (Wildman–Crippen LogP) is 1.04. The van der Waals surface area contributed by atoms with Gasteiger partial charge in [0.05, 0.1) is 0 Å². The van der Waals surface area contributed by atoms with Gasteiger partial charge in [0.25, 0.3) is 0 Å². The lowest BCUT2D eigenvalue weighted by Crippen LogP contribution is -2.10. The predicted molar refractivity (Wildman–Crippen MR) is 33.7 cm³/mol. The lowest BCUT2D eigenvalue weighted by molar-refractivity contribution is 0.834. The zero-order valence-electron chi connectivity index (χ0n) is 4.18. The molecule has 40 valence electrons. The van der Waals surface area contributed by atoms with Gasteiger partial charge in [-0.3, -0.25) is 0 Å². The summed E-state index contributed by atoms with van der Waals surface area (Å²) < 4.78 is 0. The third-order valence-electron chi connectivity index (χ3n) is 0.841. The van der Waals surface area contributed by atoms with Crippen LogP contribution in [0.5, 0.6) is 0 Å². The molecule has 0 unspecified atom stereocenters. The zero-order chi connectivity index (χ0) is 4.95. The third kappa shape index (κ3) is 2.19. The summed E-state index contributed by atoms with van der Waals surface area (Å²) in [6, 6.07) is 0. The summed E-state index contributed by atoms with van der Waals surface area (Å²) in [5, 5.41) is 3.17. The fourth-order valence-electron chi connectivity index (χ4n) is 0.503. The van der Waals surface area contributed by atoms with E-state index in [2.05, 4.69) is 17.6 Å². The van der Waals surface area contributed by atoms with Crippen molar-refractivity contribution in [3.63, 3.8) is 0 Å². The zero-order valence-corrected chi connectivity index (χ0v) is 5.00. The van der Waals surface area contributed by atoms with E-state index in [0.29, 0.717) is 0 Å². The van der Waals surface area contributed by atoms with Crippen LogP contribution in [0, 0.1) is 12.3 Å². The van der Waals surface area contributed by atoms with Crippen LogP contribution < -0.4 is 5.32 Å². The van der Waals surface area contributed by atoms with Crippen molar-refractivity contribution in [2.75, 3.05) is 12.3 Å². The molecule has 0 atom stereocenters. The Balaban J connectivity index is 2.04. The van der Waals surface area contributed by atoms with Crippen LogP contribution in [0.25, 0.3) is 0 Å². The maximum atomic E-state index is 3.17. The molecule has 1 aliphatic rings. The summed E-state index contributed by atoms with van der Waals surface area (Å²) in [5.74, 6) is 3.44. The first-order chi connectivity index (χ1) is 3.50. The molecular weight excluding hydrogens is 106 g/mol. The van der Waals surface area contributed by atoms with E-state index in [-0.39, 0.29) is 0 Å². The van der Waals surface area contributed by atoms with E-state index in [1.54, 1.807) is 0 Å². The summed E-state index contributed by atoms with van der Waals surface area (Å²) in [6.45, 7) is 3.22. The van der Waals surface area contributed by atoms with E-state index in [1.165, 1.54) is 5.75 Å². The van der Waals surface area contributed by atoms with Crippen LogP contribution in [0.1, 0.15) is 6.42 Å². The van der Waals surface area contributed by atoms with Gasteiger partial charge < -0.3 is 5.32 Å². The van der Waals surface area contributed by atoms with Gasteiger partial charge in [-0.2, -0.15) is 11.8 Å². The summed E-state index contributed by atoms with van der Waals surface area (Å²) in [4.78, 5) is 0. The molecule has 7 heavy (non-hydrogen) atoms. The van der Waals surface area contributed by atoms with Crippen molar-refractivity contribution in [2.45, 2.75) is 6.42 Å². The average molecular weight is 115 g/mol. The van der Waals surface area contributed by atoms with E-state index in [0.717, 1.165) is 13.0 Å². The molecule has 0 bridgehead atoms. The van der Waals surface area contributed by atoms with Gasteiger partial charge in [0, 0.05) is 24.6 Å². The second kappa shape index (κ2) is 3.33. The van der Waals surface area contributed by atoms with Crippen LogP contribution in [-0.4, -0.2) is 12.3 Å². The van der Waals surface area contributed by atoms with Gasteiger partial charge in [0.2, 0.25) is 0 Å². The largest absolute Gasteiger partial charge is 0.312 e. The van der Waals surface area contributed by atoms with Gasteiger partial charge in [-0.1, -0.05) is 0 Å². The van der Waals surface area contributed by atoms with Crippen LogP contribution in [0.15, 0.2) is 0 Å². The van der Waals surface area contributed by atoms with Gasteiger partial charge >= 0.3 is 0 Å². The van der Waals surface area contributed by atoms with Gasteiger partial charge in [0.1, 0.15) is 0 Å². The minimum absolute atomic E-state index is 1.10. The molecule has 1 nitrogen and oxygen atoms in total. The van der Waals surface area contributed by atoms with Crippen molar-refractivity contribution in [1.29, 1.82) is 0 Å². The molecule has 0 aromatic rings. The Bertz CT molecular complexity index is 27.7. The first-order valence-electron chi connectivity index (χ1n) is 2.48. The molecule has 1 saturated heterocycles. The van der Waals surface area contributed by atoms with Crippen LogP contribution in [-0.2, 0) is 0 Å². The Morgan fingerprint density at radius 3 is 3.57 bits per heavy atom. The van der Waals surface area contributed by atoms with E-state index in [1.807, 2.05) is 11.8 Å². The van der Waals surface area contributed by atoms with Crippen molar-refractivity contribution < 1.29 is 0 Å². The first-order valence-corrected chi connectivity index (χ1v) is 3.53. The molecule has 0 aromatic heterocycles. The minimum Gasteiger partial charge on any atom is -0.312 e. The van der Waals surface area contributed by atoms with Crippen LogP contribution >= 0.6 is 11.8 Å². The van der Waals surface area contributed by atoms with Gasteiger partial charge in [-0.05, 0) is 6.42 Å². The third-order valence-corrected chi connectivity index (χ3v) is 1.71. The SMILES string of the molecule is [CH]1C[CH]SCCN1. The molecule has 0 saturated carbocycles. The van der Waals surface area contributed by atoms with E-state index >= 15 is 0 Å². The molecule has 2 heteroatoms. The lowest BCUT2D eigenvalue weighted by Gasteiger charge is -1.90. The number of hydrogen-bond donors (Lipinski definition) is 1. The van der Waals surface area contributed by atoms with Crippen molar-refractivity contribution in [3.05, 3.63) is 12.3 Å². The van der Waals surface area contributed by atoms with Gasteiger partial charge in [-0.25, -0.2) is 0 Å². The molecule has 0 aromatic carbocycles. The monoisotopic (exact) mass is 115 g/mol. The highest BCUT2D eigenvalue weighted by atomic mass is 32.2. The minimum atomic E-state index is 1.10. The van der Waals surface area contributed by atoms with Crippen LogP contribution in [0.3, 0.4) is 0 Å². The van der Waals surface area contributed by atoms with Crippen molar-refractivity contribution in [2.24, 2.45) is 0 Å². The molecule has 1 fully saturated rings. The van der Waals surface area contributed by atoms with Crippen molar-refractivity contribution in [3.8, 4) is 0 Å². The van der Waals surface area contributed by atoms with E-state index in [9.17, 15) is 0 Å². The van der Waals surface area contributed by atoms with E-state index in [4.69, 9.17) is 0 Å². The Kier molecular flexibility index (Phi) is 2.59. The van der Waals surface area contributed by atoms with Crippen LogP contribution in [0.2, 0.25) is 0 Å². The molecule has 1 N–H and O–H groups in total. The summed E-state index contributed by atoms with van der Waals surface area (Å²) in [6.07, 6.45) is 1.10. The normalized spacial score (nSPS) is 24.0. The highest BCUT2D eigenvalue weighted by Gasteiger charge is 1.95. The van der Waals surface area contributed by atoms with Crippen LogP contribution in [0.4, 0.5) is 0 Å². The lowest BCUT2D eigenvalue weighted by atomic mass is 10.5. The maximum absolute atomic E-state index is 3.17. The molecule has 1 rings (SSSR count). The molecule has 0 amide bonds. The van der Waals surface area contributed by atoms with Crippen molar-refractivity contribution in [1.82, 2.24) is 5.32 Å². The van der Waals surface area contributed by atoms with Gasteiger partial charge in [0.15, 0.2) is 0 Å². The molecular formula is C5H9NS. The Labute approximate surface area is 48.9 Å². The summed E-state index contributed by atoms with van der Waals surface area (Å²) in [5.41, 5.74) is 0. The number of hydrogen-bond acceptors (Lipinski definition) is 2.